The number of rotatable bonds is 1. The lowest BCUT2D eigenvalue weighted by molar-refractivity contribution is 0.822. The largest absolute Gasteiger partial charge is 0.0989 e. The molecule has 1 atom stereocenters. The number of benzene rings is 1. The third-order valence-corrected chi connectivity index (χ3v) is 2.63. The quantitative estimate of drug-likeness (QED) is 0.532. The zero-order valence-electron chi connectivity index (χ0n) is 6.80. The van der Waals surface area contributed by atoms with Crippen molar-refractivity contribution >= 4 is 0 Å². The van der Waals surface area contributed by atoms with Crippen molar-refractivity contribution < 1.29 is 0 Å². The molecule has 0 N–H and O–H groups in total. The molecule has 0 amide bonds. The number of hydrogen-bond acceptors (Lipinski definition) is 0. The summed E-state index contributed by atoms with van der Waals surface area (Å²) in [6.07, 6.45) is 1.16. The molecule has 0 heterocycles. The van der Waals surface area contributed by atoms with Gasteiger partial charge in [-0.05, 0) is 12.0 Å². The van der Waals surface area contributed by atoms with Crippen molar-refractivity contribution in [3.8, 4) is 0 Å². The zero-order chi connectivity index (χ0) is 7.90. The van der Waals surface area contributed by atoms with Crippen molar-refractivity contribution in [2.75, 3.05) is 0 Å². The van der Waals surface area contributed by atoms with Crippen molar-refractivity contribution in [1.29, 1.82) is 0 Å². The lowest BCUT2D eigenvalue weighted by Gasteiger charge is -2.06. The lowest BCUT2D eigenvalue weighted by atomic mass is 9.98. The summed E-state index contributed by atoms with van der Waals surface area (Å²) >= 11 is 0. The molecule has 0 bridgehead atoms. The Hall–Kier alpha value is -1.04. The Morgan fingerprint density at radius 1 is 1.27 bits per heavy atom. The molecule has 56 valence electrons. The molecule has 0 nitrogen and oxygen atoms in total. The minimum absolute atomic E-state index is 0.307. The van der Waals surface area contributed by atoms with E-state index in [1.165, 1.54) is 11.1 Å². The van der Waals surface area contributed by atoms with Gasteiger partial charge in [-0.1, -0.05) is 49.4 Å². The van der Waals surface area contributed by atoms with E-state index in [0.717, 1.165) is 6.42 Å². The molecule has 2 rings (SSSR count). The van der Waals surface area contributed by atoms with Crippen molar-refractivity contribution in [3.63, 3.8) is 0 Å². The average molecular weight is 144 g/mol. The van der Waals surface area contributed by atoms with Crippen LogP contribution < -0.4 is 0 Å². The van der Waals surface area contributed by atoms with Crippen molar-refractivity contribution in [2.24, 2.45) is 0 Å². The number of allylic oxidation sites excluding steroid dienone is 1. The van der Waals surface area contributed by atoms with Crippen molar-refractivity contribution in [2.45, 2.75) is 18.8 Å². The molecule has 1 aromatic carbocycles. The first-order valence-corrected chi connectivity index (χ1v) is 3.97. The van der Waals surface area contributed by atoms with Gasteiger partial charge in [-0.2, -0.15) is 0 Å². The van der Waals surface area contributed by atoms with Gasteiger partial charge in [0, 0.05) is 5.41 Å². The average Bonchev–Trinajstić information content (AvgIpc) is 2.64. The second-order valence-corrected chi connectivity index (χ2v) is 3.48. The maximum absolute atomic E-state index is 4.00. The van der Waals surface area contributed by atoms with Crippen LogP contribution in [0.3, 0.4) is 0 Å². The van der Waals surface area contributed by atoms with E-state index in [4.69, 9.17) is 0 Å². The molecule has 1 fully saturated rings. The van der Waals surface area contributed by atoms with Gasteiger partial charge in [-0.25, -0.2) is 0 Å². The Balaban J connectivity index is 2.39. The molecule has 0 spiro atoms. The Kier molecular flexibility index (Phi) is 1.19. The van der Waals surface area contributed by atoms with Crippen molar-refractivity contribution in [1.82, 2.24) is 0 Å². The molecule has 0 heteroatoms. The number of hydrogen-bond donors (Lipinski definition) is 0. The monoisotopic (exact) mass is 144 g/mol. The van der Waals surface area contributed by atoms with Crippen LogP contribution in [0.1, 0.15) is 18.9 Å². The van der Waals surface area contributed by atoms with E-state index in [9.17, 15) is 0 Å². The fourth-order valence-corrected chi connectivity index (χ4v) is 1.49. The highest BCUT2D eigenvalue weighted by molar-refractivity contribution is 5.46. The fourth-order valence-electron chi connectivity index (χ4n) is 1.49. The summed E-state index contributed by atoms with van der Waals surface area (Å²) in [5.74, 6) is 0. The van der Waals surface area contributed by atoms with Crippen LogP contribution in [0.4, 0.5) is 0 Å². The van der Waals surface area contributed by atoms with Crippen LogP contribution in [0.5, 0.6) is 0 Å². The molecule has 0 unspecified atom stereocenters. The molecular weight excluding hydrogens is 132 g/mol. The van der Waals surface area contributed by atoms with Gasteiger partial charge in [0.25, 0.3) is 0 Å². The Morgan fingerprint density at radius 3 is 2.27 bits per heavy atom. The molecule has 1 saturated carbocycles. The van der Waals surface area contributed by atoms with Crippen LogP contribution in [0.25, 0.3) is 0 Å². The van der Waals surface area contributed by atoms with Crippen LogP contribution in [0, 0.1) is 0 Å². The summed E-state index contributed by atoms with van der Waals surface area (Å²) < 4.78 is 0. The predicted molar refractivity (Wildman–Crippen MR) is 47.6 cm³/mol. The van der Waals surface area contributed by atoms with E-state index in [1.807, 2.05) is 0 Å². The van der Waals surface area contributed by atoms with Crippen LogP contribution in [-0.2, 0) is 5.41 Å². The van der Waals surface area contributed by atoms with E-state index in [2.05, 4.69) is 43.8 Å². The minimum atomic E-state index is 0.307. The molecular formula is C11H12. The first-order chi connectivity index (χ1) is 5.23. The Morgan fingerprint density at radius 2 is 1.82 bits per heavy atom. The molecule has 0 saturated heterocycles. The van der Waals surface area contributed by atoms with Crippen LogP contribution in [0.15, 0.2) is 42.5 Å². The third-order valence-electron chi connectivity index (χ3n) is 2.63. The normalized spacial score (nSPS) is 28.6. The van der Waals surface area contributed by atoms with Crippen LogP contribution in [-0.4, -0.2) is 0 Å². The van der Waals surface area contributed by atoms with Crippen LogP contribution >= 0.6 is 0 Å². The molecule has 1 aliphatic rings. The standard InChI is InChI=1S/C11H12/c1-9-8-11(9,2)10-6-4-3-5-7-10/h3-7H,1,8H2,2H3/t11-/m1/s1. The van der Waals surface area contributed by atoms with Crippen LogP contribution in [0.2, 0.25) is 0 Å². The zero-order valence-corrected chi connectivity index (χ0v) is 6.80. The summed E-state index contributed by atoms with van der Waals surface area (Å²) in [6.45, 7) is 6.25. The van der Waals surface area contributed by atoms with E-state index in [-0.39, 0.29) is 0 Å². The maximum Gasteiger partial charge on any atom is 0.0168 e. The topological polar surface area (TPSA) is 0 Å². The van der Waals surface area contributed by atoms with E-state index < -0.39 is 0 Å². The molecule has 0 radical (unpaired) electrons. The highest BCUT2D eigenvalue weighted by Crippen LogP contribution is 2.51. The molecule has 0 aliphatic heterocycles. The van der Waals surface area contributed by atoms with Gasteiger partial charge in [0.15, 0.2) is 0 Å². The highest BCUT2D eigenvalue weighted by Gasteiger charge is 2.43. The molecule has 11 heavy (non-hydrogen) atoms. The summed E-state index contributed by atoms with van der Waals surface area (Å²) in [4.78, 5) is 0. The van der Waals surface area contributed by atoms with Gasteiger partial charge in [0.05, 0.1) is 0 Å². The Labute approximate surface area is 67.6 Å². The highest BCUT2D eigenvalue weighted by atomic mass is 14.5. The summed E-state index contributed by atoms with van der Waals surface area (Å²) in [5, 5.41) is 0. The summed E-state index contributed by atoms with van der Waals surface area (Å²) in [7, 11) is 0. The van der Waals surface area contributed by atoms with Gasteiger partial charge in [-0.15, -0.1) is 0 Å². The first kappa shape index (κ1) is 6.66. The van der Waals surface area contributed by atoms with Crippen molar-refractivity contribution in [3.05, 3.63) is 48.0 Å². The molecule has 1 aromatic rings. The smallest absolute Gasteiger partial charge is 0.0168 e. The van der Waals surface area contributed by atoms with E-state index >= 15 is 0 Å². The molecule has 1 aliphatic carbocycles. The lowest BCUT2D eigenvalue weighted by Crippen LogP contribution is -1.98. The SMILES string of the molecule is C=C1C[C@@]1(C)c1ccccc1. The van der Waals surface area contributed by atoms with Gasteiger partial charge in [0.2, 0.25) is 0 Å². The summed E-state index contributed by atoms with van der Waals surface area (Å²) in [6, 6.07) is 10.6. The second kappa shape index (κ2) is 1.97. The minimum Gasteiger partial charge on any atom is -0.0989 e. The molecule has 0 aromatic heterocycles. The van der Waals surface area contributed by atoms with Gasteiger partial charge in [-0.3, -0.25) is 0 Å². The van der Waals surface area contributed by atoms with E-state index in [0.29, 0.717) is 5.41 Å². The van der Waals surface area contributed by atoms with E-state index in [1.54, 1.807) is 0 Å². The third kappa shape index (κ3) is 0.900. The van der Waals surface area contributed by atoms with Gasteiger partial charge in [0.1, 0.15) is 0 Å². The first-order valence-electron chi connectivity index (χ1n) is 3.97. The van der Waals surface area contributed by atoms with Gasteiger partial charge < -0.3 is 0 Å². The maximum atomic E-state index is 4.00. The fraction of sp³-hybridized carbons (Fsp3) is 0.273. The Bertz CT molecular complexity index is 284. The predicted octanol–water partition coefficient (Wildman–Crippen LogP) is 2.90. The summed E-state index contributed by atoms with van der Waals surface area (Å²) in [5.41, 5.74) is 3.08. The van der Waals surface area contributed by atoms with Gasteiger partial charge >= 0.3 is 0 Å². The second-order valence-electron chi connectivity index (χ2n) is 3.48.